The van der Waals surface area contributed by atoms with Gasteiger partial charge in [-0.3, -0.25) is 0 Å². The molecule has 0 N–H and O–H groups in total. The Balaban J connectivity index is 1.13. The van der Waals surface area contributed by atoms with E-state index in [-0.39, 0.29) is 28.9 Å². The second-order valence-electron chi connectivity index (χ2n) is 22.4. The minimum atomic E-state index is 0.0223. The molecule has 3 aliphatic heterocycles. The van der Waals surface area contributed by atoms with Gasteiger partial charge in [-0.05, 0) is 127 Å². The summed E-state index contributed by atoms with van der Waals surface area (Å²) in [6.07, 6.45) is 0. The molecule has 0 spiro atoms. The first-order chi connectivity index (χ1) is 31.6. The summed E-state index contributed by atoms with van der Waals surface area (Å²) in [5, 5.41) is 2.58. The lowest BCUT2D eigenvalue weighted by atomic mass is 9.33. The van der Waals surface area contributed by atoms with Gasteiger partial charge in [-0.25, -0.2) is 0 Å². The van der Waals surface area contributed by atoms with Crippen molar-refractivity contribution in [1.82, 2.24) is 4.57 Å². The highest BCUT2D eigenvalue weighted by Gasteiger charge is 2.46. The Morgan fingerprint density at radius 1 is 0.424 bits per heavy atom. The lowest BCUT2D eigenvalue weighted by molar-refractivity contribution is 0.589. The second-order valence-corrected chi connectivity index (χ2v) is 22.4. The zero-order chi connectivity index (χ0) is 45.6. The number of rotatable bonds is 4. The van der Waals surface area contributed by atoms with Crippen molar-refractivity contribution >= 4 is 79.0 Å². The van der Waals surface area contributed by atoms with Crippen LogP contribution >= 0.6 is 0 Å². The highest BCUT2D eigenvalue weighted by molar-refractivity contribution is 7.00. The van der Waals surface area contributed by atoms with Gasteiger partial charge in [0.25, 0.3) is 6.71 Å². The van der Waals surface area contributed by atoms with Crippen LogP contribution in [-0.4, -0.2) is 11.3 Å². The van der Waals surface area contributed by atoms with Gasteiger partial charge in [0.05, 0.1) is 28.1 Å². The molecule has 0 unspecified atom stereocenters. The standard InChI is InChI=1S/C62H58BN3/c1-38-35-54-57-55(36-38)66-51-19-13-16-47-46-15-11-12-18-50(46)65(58(47)51)52-20-14-17-49(59(52)66)63(57)48-34-25-41(37-53(48)64(54)45-32-30-44(31-33-45)62(8,9)10)56(39-21-26-42(27-22-39)60(2,3)4)40-23-28-43(29-24-40)61(5,6)7/h11-37,56H,1-10H3. The fourth-order valence-electron chi connectivity index (χ4n) is 11.5. The molecule has 0 bridgehead atoms. The fraction of sp³-hybridized carbons (Fsp3) is 0.226. The van der Waals surface area contributed by atoms with E-state index >= 15 is 0 Å². The minimum absolute atomic E-state index is 0.0223. The molecule has 8 aromatic carbocycles. The number of anilines is 6. The Kier molecular flexibility index (Phi) is 8.71. The number of hydrogen-bond donors (Lipinski definition) is 0. The molecule has 4 heteroatoms. The van der Waals surface area contributed by atoms with Crippen LogP contribution in [0.1, 0.15) is 107 Å². The molecule has 0 saturated carbocycles. The topological polar surface area (TPSA) is 11.4 Å². The van der Waals surface area contributed by atoms with Crippen LogP contribution < -0.4 is 26.2 Å². The third-order valence-corrected chi connectivity index (χ3v) is 14.9. The molecule has 0 atom stereocenters. The van der Waals surface area contributed by atoms with Crippen molar-refractivity contribution in [3.05, 3.63) is 203 Å². The number of aryl methyl sites for hydroxylation is 1. The molecule has 66 heavy (non-hydrogen) atoms. The average Bonchev–Trinajstić information content (AvgIpc) is 3.63. The lowest BCUT2D eigenvalue weighted by Gasteiger charge is -2.46. The number of benzene rings is 8. The SMILES string of the molecule is Cc1cc2c3c(c1)N1c4c(cccc4-n4c5ccccc5c5cccc1c54)B3c1ccc(C(c3ccc(C(C)(C)C)cc3)c3ccc(C(C)(C)C)cc3)cc1N2c1ccc(C(C)(C)C)cc1. The molecule has 0 amide bonds. The van der Waals surface area contributed by atoms with E-state index in [1.165, 1.54) is 117 Å². The van der Waals surface area contributed by atoms with Gasteiger partial charge in [0, 0.05) is 39.4 Å². The summed E-state index contributed by atoms with van der Waals surface area (Å²) in [6, 6.07) is 63.5. The molecule has 1 aromatic heterocycles. The van der Waals surface area contributed by atoms with Crippen molar-refractivity contribution in [2.24, 2.45) is 0 Å². The number of aromatic nitrogens is 1. The van der Waals surface area contributed by atoms with Gasteiger partial charge >= 0.3 is 0 Å². The molecular weight excluding hydrogens is 798 g/mol. The monoisotopic (exact) mass is 855 g/mol. The van der Waals surface area contributed by atoms with E-state index < -0.39 is 0 Å². The van der Waals surface area contributed by atoms with Crippen LogP contribution in [0.4, 0.5) is 34.1 Å². The van der Waals surface area contributed by atoms with E-state index in [1.54, 1.807) is 0 Å². The predicted octanol–water partition coefficient (Wildman–Crippen LogP) is 14.6. The minimum Gasteiger partial charge on any atom is -0.311 e. The molecule has 0 fully saturated rings. The highest BCUT2D eigenvalue weighted by Crippen LogP contribution is 2.52. The fourth-order valence-corrected chi connectivity index (χ4v) is 11.5. The Bertz CT molecular complexity index is 3370. The molecule has 9 aromatic rings. The number of fused-ring (bicyclic) bond motifs is 9. The third-order valence-electron chi connectivity index (χ3n) is 14.9. The van der Waals surface area contributed by atoms with Crippen LogP contribution in [0.3, 0.4) is 0 Å². The van der Waals surface area contributed by atoms with E-state index in [9.17, 15) is 0 Å². The van der Waals surface area contributed by atoms with Crippen LogP contribution in [0.25, 0.3) is 27.5 Å². The van der Waals surface area contributed by atoms with Crippen LogP contribution in [0, 0.1) is 6.92 Å². The van der Waals surface area contributed by atoms with Crippen LogP contribution in [0.5, 0.6) is 0 Å². The Labute approximate surface area is 391 Å². The number of para-hydroxylation sites is 3. The molecule has 324 valence electrons. The molecule has 3 aliphatic rings. The smallest absolute Gasteiger partial charge is 0.252 e. The summed E-state index contributed by atoms with van der Waals surface area (Å²) in [5.74, 6) is 0.0326. The Hall–Kier alpha value is -6.78. The van der Waals surface area contributed by atoms with Crippen LogP contribution in [0.15, 0.2) is 164 Å². The van der Waals surface area contributed by atoms with Crippen LogP contribution in [-0.2, 0) is 16.2 Å². The summed E-state index contributed by atoms with van der Waals surface area (Å²) in [5.41, 5.74) is 24.6. The van der Waals surface area contributed by atoms with Crippen molar-refractivity contribution in [3.8, 4) is 5.69 Å². The zero-order valence-corrected chi connectivity index (χ0v) is 40.1. The first kappa shape index (κ1) is 40.7. The van der Waals surface area contributed by atoms with E-state index in [0.29, 0.717) is 0 Å². The summed E-state index contributed by atoms with van der Waals surface area (Å²) in [7, 11) is 0. The lowest BCUT2D eigenvalue weighted by Crippen LogP contribution is -2.61. The summed E-state index contributed by atoms with van der Waals surface area (Å²) >= 11 is 0. The van der Waals surface area contributed by atoms with Gasteiger partial charge < -0.3 is 14.4 Å². The van der Waals surface area contributed by atoms with Gasteiger partial charge in [0.15, 0.2) is 0 Å². The molecule has 0 aliphatic carbocycles. The number of hydrogen-bond acceptors (Lipinski definition) is 2. The molecule has 4 heterocycles. The first-order valence-electron chi connectivity index (χ1n) is 23.9. The van der Waals surface area contributed by atoms with Crippen molar-refractivity contribution in [3.63, 3.8) is 0 Å². The van der Waals surface area contributed by atoms with E-state index in [1.807, 2.05) is 0 Å². The zero-order valence-electron chi connectivity index (χ0n) is 40.1. The van der Waals surface area contributed by atoms with Gasteiger partial charge in [-0.1, -0.05) is 178 Å². The van der Waals surface area contributed by atoms with Crippen molar-refractivity contribution in [2.75, 3.05) is 9.80 Å². The van der Waals surface area contributed by atoms with Crippen LogP contribution in [0.2, 0.25) is 0 Å². The van der Waals surface area contributed by atoms with Gasteiger partial charge in [0.1, 0.15) is 0 Å². The number of nitrogens with zero attached hydrogens (tertiary/aromatic N) is 3. The second kappa shape index (κ2) is 14.1. The van der Waals surface area contributed by atoms with E-state index in [0.717, 1.165) is 0 Å². The highest BCUT2D eigenvalue weighted by atomic mass is 15.2. The average molecular weight is 856 g/mol. The first-order valence-corrected chi connectivity index (χ1v) is 23.9. The maximum absolute atomic E-state index is 2.60. The van der Waals surface area contributed by atoms with Gasteiger partial charge in [-0.2, -0.15) is 0 Å². The normalized spacial score (nSPS) is 14.0. The summed E-state index contributed by atoms with van der Waals surface area (Å²) in [6.45, 7) is 23.0. The molecular formula is C62H58BN3. The molecule has 0 radical (unpaired) electrons. The van der Waals surface area contributed by atoms with E-state index in [2.05, 4.69) is 247 Å². The largest absolute Gasteiger partial charge is 0.311 e. The Morgan fingerprint density at radius 3 is 1.58 bits per heavy atom. The maximum atomic E-state index is 2.60. The van der Waals surface area contributed by atoms with Crippen molar-refractivity contribution in [2.45, 2.75) is 91.4 Å². The van der Waals surface area contributed by atoms with Gasteiger partial charge in [0.2, 0.25) is 0 Å². The quantitative estimate of drug-likeness (QED) is 0.129. The summed E-state index contributed by atoms with van der Waals surface area (Å²) in [4.78, 5) is 5.19. The third kappa shape index (κ3) is 6.03. The maximum Gasteiger partial charge on any atom is 0.252 e. The molecule has 3 nitrogen and oxygen atoms in total. The predicted molar refractivity (Wildman–Crippen MR) is 283 cm³/mol. The van der Waals surface area contributed by atoms with Gasteiger partial charge in [-0.15, -0.1) is 0 Å². The Morgan fingerprint density at radius 2 is 0.955 bits per heavy atom. The van der Waals surface area contributed by atoms with Crippen molar-refractivity contribution < 1.29 is 0 Å². The van der Waals surface area contributed by atoms with Crippen molar-refractivity contribution in [1.29, 1.82) is 0 Å². The summed E-state index contributed by atoms with van der Waals surface area (Å²) < 4.78 is 2.54. The van der Waals surface area contributed by atoms with E-state index in [4.69, 9.17) is 0 Å². The molecule has 0 saturated heterocycles. The molecule has 12 rings (SSSR count).